The molecule has 0 atom stereocenters. The fraction of sp³-hybridized carbons (Fsp3) is 0.833. The molecule has 0 aliphatic heterocycles. The first kappa shape index (κ1) is 14.9. The summed E-state index contributed by atoms with van der Waals surface area (Å²) in [5.41, 5.74) is -1.84. The maximum absolute atomic E-state index is 11.6. The summed E-state index contributed by atoms with van der Waals surface area (Å²) in [5.74, 6) is 0. The van der Waals surface area contributed by atoms with E-state index in [0.717, 1.165) is 6.29 Å². The summed E-state index contributed by atoms with van der Waals surface area (Å²) in [6, 6.07) is 0. The maximum atomic E-state index is 11.6. The lowest BCUT2D eigenvalue weighted by molar-refractivity contribution is -0.117. The van der Waals surface area contributed by atoms with Gasteiger partial charge in [-0.25, -0.2) is 4.79 Å². The predicted octanol–water partition coefficient (Wildman–Crippen LogP) is 2.51. The van der Waals surface area contributed by atoms with E-state index in [1.165, 1.54) is 0 Å². The molecule has 94 valence electrons. The van der Waals surface area contributed by atoms with E-state index in [9.17, 15) is 9.59 Å². The van der Waals surface area contributed by atoms with Crippen LogP contribution in [0, 0.1) is 5.41 Å². The van der Waals surface area contributed by atoms with E-state index in [-0.39, 0.29) is 0 Å². The highest BCUT2D eigenvalue weighted by molar-refractivity contribution is 5.71. The average molecular weight is 229 g/mol. The second-order valence-electron chi connectivity index (χ2n) is 6.09. The standard InChI is InChI=1S/C12H23NO3/c1-10(2,3)16-9(15)13-12(6,7)11(4,5)8-14/h8H,1-7H3,(H,13,15). The van der Waals surface area contributed by atoms with E-state index in [2.05, 4.69) is 5.32 Å². The van der Waals surface area contributed by atoms with Crippen molar-refractivity contribution in [3.63, 3.8) is 0 Å². The lowest BCUT2D eigenvalue weighted by Gasteiger charge is -2.38. The van der Waals surface area contributed by atoms with Crippen molar-refractivity contribution in [3.05, 3.63) is 0 Å². The monoisotopic (exact) mass is 229 g/mol. The van der Waals surface area contributed by atoms with Gasteiger partial charge in [0.2, 0.25) is 0 Å². The van der Waals surface area contributed by atoms with Crippen molar-refractivity contribution in [1.29, 1.82) is 0 Å². The molecule has 0 aliphatic rings. The molecule has 0 radical (unpaired) electrons. The number of rotatable bonds is 3. The van der Waals surface area contributed by atoms with Crippen LogP contribution in [0.3, 0.4) is 0 Å². The van der Waals surface area contributed by atoms with E-state index in [1.54, 1.807) is 48.5 Å². The van der Waals surface area contributed by atoms with Gasteiger partial charge in [-0.3, -0.25) is 0 Å². The fourth-order valence-corrected chi connectivity index (χ4v) is 0.867. The van der Waals surface area contributed by atoms with Crippen LogP contribution in [0.5, 0.6) is 0 Å². The van der Waals surface area contributed by atoms with Gasteiger partial charge < -0.3 is 14.8 Å². The van der Waals surface area contributed by atoms with E-state index in [1.807, 2.05) is 0 Å². The molecule has 0 rings (SSSR count). The number of alkyl carbamates (subject to hydrolysis) is 1. The van der Waals surface area contributed by atoms with Crippen LogP contribution in [0.4, 0.5) is 4.79 Å². The number of carbonyl (C=O) groups excluding carboxylic acids is 2. The SMILES string of the molecule is CC(C)(C)OC(=O)NC(C)(C)C(C)(C)C=O. The number of ether oxygens (including phenoxy) is 1. The lowest BCUT2D eigenvalue weighted by Crippen LogP contribution is -2.55. The quantitative estimate of drug-likeness (QED) is 0.756. The van der Waals surface area contributed by atoms with E-state index < -0.39 is 22.6 Å². The molecule has 1 amide bonds. The molecule has 0 aliphatic carbocycles. The van der Waals surface area contributed by atoms with Crippen molar-refractivity contribution < 1.29 is 14.3 Å². The normalized spacial score (nSPS) is 13.2. The summed E-state index contributed by atoms with van der Waals surface area (Å²) in [5, 5.41) is 2.71. The van der Waals surface area contributed by atoms with Gasteiger partial charge in [0.25, 0.3) is 0 Å². The minimum Gasteiger partial charge on any atom is -0.444 e. The summed E-state index contributed by atoms with van der Waals surface area (Å²) in [6.07, 6.45) is 0.331. The highest BCUT2D eigenvalue weighted by Gasteiger charge is 2.39. The van der Waals surface area contributed by atoms with Crippen molar-refractivity contribution in [2.75, 3.05) is 0 Å². The Hall–Kier alpha value is -1.06. The Balaban J connectivity index is 4.61. The Morgan fingerprint density at radius 3 is 1.81 bits per heavy atom. The molecule has 0 unspecified atom stereocenters. The minimum atomic E-state index is -0.656. The Labute approximate surface area is 97.7 Å². The molecular weight excluding hydrogens is 206 g/mol. The van der Waals surface area contributed by atoms with Gasteiger partial charge in [-0.1, -0.05) is 13.8 Å². The van der Waals surface area contributed by atoms with Gasteiger partial charge in [-0.15, -0.1) is 0 Å². The highest BCUT2D eigenvalue weighted by atomic mass is 16.6. The van der Waals surface area contributed by atoms with Crippen LogP contribution < -0.4 is 5.32 Å². The van der Waals surface area contributed by atoms with Gasteiger partial charge in [0.1, 0.15) is 11.9 Å². The van der Waals surface area contributed by atoms with Crippen LogP contribution in [-0.4, -0.2) is 23.5 Å². The fourth-order valence-electron chi connectivity index (χ4n) is 0.867. The molecule has 0 heterocycles. The number of nitrogens with one attached hydrogen (secondary N) is 1. The van der Waals surface area contributed by atoms with Crippen molar-refractivity contribution in [1.82, 2.24) is 5.32 Å². The molecule has 0 aromatic carbocycles. The molecule has 0 bridgehead atoms. The van der Waals surface area contributed by atoms with Gasteiger partial charge in [0.15, 0.2) is 0 Å². The summed E-state index contributed by atoms with van der Waals surface area (Å²) in [6.45, 7) is 12.5. The Bertz CT molecular complexity index is 274. The molecular formula is C12H23NO3. The smallest absolute Gasteiger partial charge is 0.408 e. The molecule has 1 N–H and O–H groups in total. The molecule has 16 heavy (non-hydrogen) atoms. The van der Waals surface area contributed by atoms with Crippen LogP contribution in [0.2, 0.25) is 0 Å². The van der Waals surface area contributed by atoms with Gasteiger partial charge in [-0.2, -0.15) is 0 Å². The highest BCUT2D eigenvalue weighted by Crippen LogP contribution is 2.28. The molecule has 0 saturated heterocycles. The Kier molecular flexibility index (Phi) is 4.14. The van der Waals surface area contributed by atoms with Crippen molar-refractivity contribution >= 4 is 12.4 Å². The zero-order chi connectivity index (χ0) is 13.2. The number of hydrogen-bond donors (Lipinski definition) is 1. The summed E-state index contributed by atoms with van der Waals surface area (Å²) < 4.78 is 5.15. The zero-order valence-corrected chi connectivity index (χ0v) is 11.3. The summed E-state index contributed by atoms with van der Waals surface area (Å²) >= 11 is 0. The topological polar surface area (TPSA) is 55.4 Å². The van der Waals surface area contributed by atoms with Crippen molar-refractivity contribution in [2.45, 2.75) is 59.6 Å². The molecule has 0 saturated carbocycles. The van der Waals surface area contributed by atoms with Crippen LogP contribution in [-0.2, 0) is 9.53 Å². The average Bonchev–Trinajstić information content (AvgIpc) is 1.98. The molecule has 4 heteroatoms. The number of amides is 1. The van der Waals surface area contributed by atoms with E-state index >= 15 is 0 Å². The van der Waals surface area contributed by atoms with Crippen LogP contribution >= 0.6 is 0 Å². The Morgan fingerprint density at radius 1 is 1.06 bits per heavy atom. The molecule has 0 spiro atoms. The first-order valence-corrected chi connectivity index (χ1v) is 5.39. The zero-order valence-electron chi connectivity index (χ0n) is 11.3. The van der Waals surface area contributed by atoms with Gasteiger partial charge in [0, 0.05) is 11.0 Å². The first-order valence-electron chi connectivity index (χ1n) is 5.39. The second-order valence-corrected chi connectivity index (χ2v) is 6.09. The Morgan fingerprint density at radius 2 is 1.50 bits per heavy atom. The third-order valence-corrected chi connectivity index (χ3v) is 2.72. The summed E-state index contributed by atoms with van der Waals surface area (Å²) in [7, 11) is 0. The third kappa shape index (κ3) is 4.21. The van der Waals surface area contributed by atoms with Crippen LogP contribution in [0.25, 0.3) is 0 Å². The molecule has 0 aromatic rings. The second kappa shape index (κ2) is 4.44. The van der Waals surface area contributed by atoms with Crippen molar-refractivity contribution in [2.24, 2.45) is 5.41 Å². The third-order valence-electron chi connectivity index (χ3n) is 2.72. The van der Waals surface area contributed by atoms with Gasteiger partial charge in [-0.05, 0) is 34.6 Å². The number of carbonyl (C=O) groups is 2. The van der Waals surface area contributed by atoms with E-state index in [0.29, 0.717) is 0 Å². The molecule has 4 nitrogen and oxygen atoms in total. The number of hydrogen-bond acceptors (Lipinski definition) is 3. The molecule has 0 aromatic heterocycles. The van der Waals surface area contributed by atoms with E-state index in [4.69, 9.17) is 4.74 Å². The lowest BCUT2D eigenvalue weighted by atomic mass is 9.76. The van der Waals surface area contributed by atoms with Crippen LogP contribution in [0.15, 0.2) is 0 Å². The summed E-state index contributed by atoms with van der Waals surface area (Å²) in [4.78, 5) is 22.5. The van der Waals surface area contributed by atoms with Crippen molar-refractivity contribution in [3.8, 4) is 0 Å². The van der Waals surface area contributed by atoms with Gasteiger partial charge >= 0.3 is 6.09 Å². The minimum absolute atomic E-state index is 0.507. The van der Waals surface area contributed by atoms with Crippen LogP contribution in [0.1, 0.15) is 48.5 Å². The maximum Gasteiger partial charge on any atom is 0.408 e. The number of aldehydes is 1. The predicted molar refractivity (Wildman–Crippen MR) is 63.3 cm³/mol. The van der Waals surface area contributed by atoms with Gasteiger partial charge in [0.05, 0.1) is 0 Å². The first-order chi connectivity index (χ1) is 6.91. The molecule has 0 fully saturated rings. The largest absolute Gasteiger partial charge is 0.444 e.